The molecule has 86 valence electrons. The van der Waals surface area contributed by atoms with E-state index in [0.29, 0.717) is 6.42 Å². The fraction of sp³-hybridized carbons (Fsp3) is 0.364. The lowest BCUT2D eigenvalue weighted by molar-refractivity contribution is 0.0696. The Morgan fingerprint density at radius 1 is 1.56 bits per heavy atom. The summed E-state index contributed by atoms with van der Waals surface area (Å²) in [6.45, 7) is 1.84. The first kappa shape index (κ1) is 11.4. The van der Waals surface area contributed by atoms with Crippen LogP contribution in [0.5, 0.6) is 0 Å². The van der Waals surface area contributed by atoms with E-state index in [1.807, 2.05) is 0 Å². The van der Waals surface area contributed by atoms with Crippen molar-refractivity contribution in [3.05, 3.63) is 29.0 Å². The van der Waals surface area contributed by atoms with Crippen LogP contribution in [0.4, 0.5) is 4.39 Å². The number of aromatic nitrogens is 1. The molecule has 3 nitrogen and oxygen atoms in total. The molecule has 0 amide bonds. The number of thiazole rings is 1. The predicted octanol–water partition coefficient (Wildman–Crippen LogP) is 1.69. The Kier molecular flexibility index (Phi) is 2.92. The largest absolute Gasteiger partial charge is 0.388 e. The van der Waals surface area contributed by atoms with Gasteiger partial charge in [0.2, 0.25) is 0 Å². The Morgan fingerprint density at radius 3 is 3.00 bits per heavy atom. The summed E-state index contributed by atoms with van der Waals surface area (Å²) in [5.74, 6) is -0.270. The number of hydrogen-bond donors (Lipinski definition) is 2. The van der Waals surface area contributed by atoms with Gasteiger partial charge in [0.15, 0.2) is 0 Å². The molecule has 1 aromatic carbocycles. The van der Waals surface area contributed by atoms with Crippen molar-refractivity contribution in [2.45, 2.75) is 18.9 Å². The van der Waals surface area contributed by atoms with Gasteiger partial charge in [0, 0.05) is 13.0 Å². The van der Waals surface area contributed by atoms with Gasteiger partial charge in [0.25, 0.3) is 0 Å². The van der Waals surface area contributed by atoms with Crippen molar-refractivity contribution in [3.63, 3.8) is 0 Å². The van der Waals surface area contributed by atoms with Gasteiger partial charge in [-0.3, -0.25) is 0 Å². The maximum atomic E-state index is 13.0. The van der Waals surface area contributed by atoms with Crippen LogP contribution in [0.1, 0.15) is 11.9 Å². The first-order valence-electron chi connectivity index (χ1n) is 4.97. The number of rotatable bonds is 3. The Hall–Kier alpha value is -1.04. The van der Waals surface area contributed by atoms with E-state index < -0.39 is 5.60 Å². The first-order chi connectivity index (χ1) is 7.50. The summed E-state index contributed by atoms with van der Waals surface area (Å²) in [6.07, 6.45) is 0.393. The van der Waals surface area contributed by atoms with Crippen molar-refractivity contribution in [3.8, 4) is 0 Å². The molecule has 0 aliphatic carbocycles. The molecule has 3 N–H and O–H groups in total. The van der Waals surface area contributed by atoms with Crippen LogP contribution >= 0.6 is 11.3 Å². The molecule has 5 heteroatoms. The second-order valence-corrected chi connectivity index (χ2v) is 5.21. The van der Waals surface area contributed by atoms with E-state index in [1.165, 1.54) is 23.5 Å². The first-order valence-corrected chi connectivity index (χ1v) is 5.79. The van der Waals surface area contributed by atoms with Crippen LogP contribution in [-0.2, 0) is 6.42 Å². The lowest BCUT2D eigenvalue weighted by Gasteiger charge is -2.18. The van der Waals surface area contributed by atoms with Crippen LogP contribution in [0.3, 0.4) is 0 Å². The fourth-order valence-corrected chi connectivity index (χ4v) is 2.59. The van der Waals surface area contributed by atoms with Crippen LogP contribution in [0.15, 0.2) is 18.2 Å². The van der Waals surface area contributed by atoms with Gasteiger partial charge in [-0.25, -0.2) is 9.37 Å². The second kappa shape index (κ2) is 4.08. The zero-order valence-electron chi connectivity index (χ0n) is 8.90. The van der Waals surface area contributed by atoms with E-state index in [9.17, 15) is 9.50 Å². The van der Waals surface area contributed by atoms with Gasteiger partial charge in [-0.05, 0) is 25.1 Å². The number of aliphatic hydroxyl groups is 1. The van der Waals surface area contributed by atoms with Crippen LogP contribution < -0.4 is 5.73 Å². The predicted molar refractivity (Wildman–Crippen MR) is 63.0 cm³/mol. The number of hydrogen-bond acceptors (Lipinski definition) is 4. The number of nitrogens with two attached hydrogens (primary N) is 1. The van der Waals surface area contributed by atoms with Crippen molar-refractivity contribution in [2.24, 2.45) is 5.73 Å². The highest BCUT2D eigenvalue weighted by Crippen LogP contribution is 2.25. The van der Waals surface area contributed by atoms with Gasteiger partial charge >= 0.3 is 0 Å². The van der Waals surface area contributed by atoms with Gasteiger partial charge < -0.3 is 10.8 Å². The fourth-order valence-electron chi connectivity index (χ4n) is 1.42. The molecule has 1 atom stereocenters. The average molecular weight is 240 g/mol. The molecule has 1 aromatic heterocycles. The second-order valence-electron chi connectivity index (χ2n) is 4.10. The lowest BCUT2D eigenvalue weighted by Crippen LogP contribution is -2.36. The van der Waals surface area contributed by atoms with Crippen molar-refractivity contribution in [2.75, 3.05) is 6.54 Å². The Bertz CT molecular complexity index is 510. The third-order valence-electron chi connectivity index (χ3n) is 2.37. The molecule has 0 aliphatic heterocycles. The third-order valence-corrected chi connectivity index (χ3v) is 3.38. The van der Waals surface area contributed by atoms with Crippen molar-refractivity contribution in [1.29, 1.82) is 0 Å². The topological polar surface area (TPSA) is 59.1 Å². The monoisotopic (exact) mass is 240 g/mol. The summed E-state index contributed by atoms with van der Waals surface area (Å²) >= 11 is 1.39. The van der Waals surface area contributed by atoms with Crippen molar-refractivity contribution in [1.82, 2.24) is 4.98 Å². The zero-order chi connectivity index (χ0) is 11.8. The Balaban J connectivity index is 2.33. The quantitative estimate of drug-likeness (QED) is 0.858. The van der Waals surface area contributed by atoms with E-state index in [0.717, 1.165) is 15.2 Å². The van der Waals surface area contributed by atoms with Gasteiger partial charge in [-0.15, -0.1) is 11.3 Å². The highest BCUT2D eigenvalue weighted by atomic mass is 32.1. The SMILES string of the molecule is CC(O)(CN)Cc1nc2ccc(F)cc2s1. The van der Waals surface area contributed by atoms with E-state index >= 15 is 0 Å². The summed E-state index contributed by atoms with van der Waals surface area (Å²) in [7, 11) is 0. The summed E-state index contributed by atoms with van der Waals surface area (Å²) in [4.78, 5) is 4.32. The van der Waals surface area contributed by atoms with Gasteiger partial charge in [0.1, 0.15) is 5.82 Å². The molecule has 0 fully saturated rings. The summed E-state index contributed by atoms with van der Waals surface area (Å²) in [5.41, 5.74) is 5.25. The summed E-state index contributed by atoms with van der Waals surface area (Å²) < 4.78 is 13.8. The highest BCUT2D eigenvalue weighted by Gasteiger charge is 2.20. The van der Waals surface area contributed by atoms with Gasteiger partial charge in [-0.1, -0.05) is 0 Å². The van der Waals surface area contributed by atoms with E-state index in [2.05, 4.69) is 4.98 Å². The minimum atomic E-state index is -0.952. The molecule has 2 rings (SSSR count). The standard InChI is InChI=1S/C11H13FN2OS/c1-11(15,6-13)5-10-14-8-3-2-7(12)4-9(8)16-10/h2-4,15H,5-6,13H2,1H3. The molecular weight excluding hydrogens is 227 g/mol. The highest BCUT2D eigenvalue weighted by molar-refractivity contribution is 7.18. The van der Waals surface area contributed by atoms with Crippen molar-refractivity contribution >= 4 is 21.6 Å². The summed E-state index contributed by atoms with van der Waals surface area (Å²) in [5, 5.41) is 10.6. The molecule has 0 radical (unpaired) electrons. The number of halogens is 1. The molecule has 0 saturated carbocycles. The maximum absolute atomic E-state index is 13.0. The molecular formula is C11H13FN2OS. The molecule has 16 heavy (non-hydrogen) atoms. The van der Waals surface area contributed by atoms with Gasteiger partial charge in [-0.2, -0.15) is 0 Å². The maximum Gasteiger partial charge on any atom is 0.124 e. The molecule has 0 bridgehead atoms. The van der Waals surface area contributed by atoms with Crippen LogP contribution in [-0.4, -0.2) is 22.2 Å². The third kappa shape index (κ3) is 2.37. The minimum absolute atomic E-state index is 0.178. The molecule has 0 saturated heterocycles. The van der Waals surface area contributed by atoms with Gasteiger partial charge in [0.05, 0.1) is 20.8 Å². The van der Waals surface area contributed by atoms with E-state index in [-0.39, 0.29) is 12.4 Å². The van der Waals surface area contributed by atoms with Crippen LogP contribution in [0.25, 0.3) is 10.2 Å². The van der Waals surface area contributed by atoms with E-state index in [1.54, 1.807) is 13.0 Å². The smallest absolute Gasteiger partial charge is 0.124 e. The zero-order valence-corrected chi connectivity index (χ0v) is 9.72. The minimum Gasteiger partial charge on any atom is -0.388 e. The van der Waals surface area contributed by atoms with Crippen LogP contribution in [0, 0.1) is 5.82 Å². The number of benzene rings is 1. The molecule has 2 aromatic rings. The average Bonchev–Trinajstić information content (AvgIpc) is 2.58. The number of fused-ring (bicyclic) bond motifs is 1. The lowest BCUT2D eigenvalue weighted by atomic mass is 10.0. The molecule has 0 aliphatic rings. The Labute approximate surface area is 96.7 Å². The van der Waals surface area contributed by atoms with Crippen LogP contribution in [0.2, 0.25) is 0 Å². The summed E-state index contributed by atoms with van der Waals surface area (Å²) in [6, 6.07) is 4.47. The normalized spacial score (nSPS) is 15.2. The molecule has 1 heterocycles. The van der Waals surface area contributed by atoms with E-state index in [4.69, 9.17) is 5.73 Å². The van der Waals surface area contributed by atoms with Crippen molar-refractivity contribution < 1.29 is 9.50 Å². The molecule has 0 spiro atoms. The Morgan fingerprint density at radius 2 is 2.31 bits per heavy atom. The molecule has 1 unspecified atom stereocenters. The number of nitrogens with zero attached hydrogens (tertiary/aromatic N) is 1.